The highest BCUT2D eigenvalue weighted by atomic mass is 32.1. The highest BCUT2D eigenvalue weighted by Crippen LogP contribution is 2.31. The van der Waals surface area contributed by atoms with Crippen LogP contribution in [-0.2, 0) is 9.53 Å². The van der Waals surface area contributed by atoms with E-state index in [0.29, 0.717) is 5.92 Å². The minimum absolute atomic E-state index is 0.0792. The quantitative estimate of drug-likeness (QED) is 0.870. The van der Waals surface area contributed by atoms with Gasteiger partial charge in [0.1, 0.15) is 17.3 Å². The molecule has 0 aliphatic carbocycles. The zero-order valence-corrected chi connectivity index (χ0v) is 12.7. The highest BCUT2D eigenvalue weighted by molar-refractivity contribution is 7.15. The van der Waals surface area contributed by atoms with Gasteiger partial charge in [0.15, 0.2) is 0 Å². The second-order valence-electron chi connectivity index (χ2n) is 5.23. The molecule has 0 N–H and O–H groups in total. The predicted octanol–water partition coefficient (Wildman–Crippen LogP) is 2.06. The van der Waals surface area contributed by atoms with Gasteiger partial charge in [0.2, 0.25) is 5.91 Å². The van der Waals surface area contributed by atoms with Crippen LogP contribution < -0.4 is 0 Å². The first-order valence-electron chi connectivity index (χ1n) is 6.89. The standard InChI is InChI=1S/C14H19N3O2S/c1-10-15-13(14-17(10)6-7-20-14)11-4-3-5-16(8-11)12(18)9-19-2/h6-7,11H,3-5,8-9H2,1-2H3. The van der Waals surface area contributed by atoms with Crippen LogP contribution in [0.1, 0.15) is 30.3 Å². The van der Waals surface area contributed by atoms with Crippen LogP contribution in [0.5, 0.6) is 0 Å². The van der Waals surface area contributed by atoms with Crippen LogP contribution in [0.4, 0.5) is 0 Å². The van der Waals surface area contributed by atoms with Crippen molar-refractivity contribution < 1.29 is 9.53 Å². The lowest BCUT2D eigenvalue weighted by molar-refractivity contribution is -0.136. The van der Waals surface area contributed by atoms with Gasteiger partial charge in [0.05, 0.1) is 5.69 Å². The summed E-state index contributed by atoms with van der Waals surface area (Å²) in [6.07, 6.45) is 4.19. The van der Waals surface area contributed by atoms with E-state index in [1.165, 1.54) is 4.83 Å². The average Bonchev–Trinajstić information content (AvgIpc) is 3.04. The summed E-state index contributed by atoms with van der Waals surface area (Å²) in [5.74, 6) is 1.44. The zero-order chi connectivity index (χ0) is 14.1. The molecule has 2 aromatic rings. The van der Waals surface area contributed by atoms with E-state index in [4.69, 9.17) is 9.72 Å². The molecule has 0 aromatic carbocycles. The van der Waals surface area contributed by atoms with Crippen molar-refractivity contribution in [1.82, 2.24) is 14.3 Å². The summed E-state index contributed by atoms with van der Waals surface area (Å²) in [6, 6.07) is 0. The lowest BCUT2D eigenvalue weighted by Crippen LogP contribution is -2.41. The van der Waals surface area contributed by atoms with Gasteiger partial charge in [0.25, 0.3) is 0 Å². The van der Waals surface area contributed by atoms with Crippen molar-refractivity contribution in [2.45, 2.75) is 25.7 Å². The minimum Gasteiger partial charge on any atom is -0.375 e. The Kier molecular flexibility index (Phi) is 3.76. The lowest BCUT2D eigenvalue weighted by Gasteiger charge is -2.31. The van der Waals surface area contributed by atoms with Crippen molar-refractivity contribution in [3.05, 3.63) is 23.1 Å². The Labute approximate surface area is 122 Å². The number of amides is 1. The third-order valence-electron chi connectivity index (χ3n) is 3.89. The van der Waals surface area contributed by atoms with Crippen LogP contribution in [-0.4, -0.2) is 47.0 Å². The molecule has 1 unspecified atom stereocenters. The van der Waals surface area contributed by atoms with E-state index < -0.39 is 0 Å². The van der Waals surface area contributed by atoms with Crippen LogP contribution in [0, 0.1) is 6.92 Å². The number of piperidine rings is 1. The maximum absolute atomic E-state index is 12.0. The maximum atomic E-state index is 12.0. The Morgan fingerprint density at radius 2 is 2.45 bits per heavy atom. The first-order valence-corrected chi connectivity index (χ1v) is 7.77. The van der Waals surface area contributed by atoms with Crippen molar-refractivity contribution >= 4 is 22.1 Å². The first kappa shape index (κ1) is 13.6. The Bertz CT molecular complexity index is 619. The second-order valence-corrected chi connectivity index (χ2v) is 6.13. The number of imidazole rings is 1. The third-order valence-corrected chi connectivity index (χ3v) is 4.77. The molecule has 20 heavy (non-hydrogen) atoms. The molecule has 1 saturated heterocycles. The van der Waals surface area contributed by atoms with Crippen LogP contribution in [0.15, 0.2) is 11.6 Å². The van der Waals surface area contributed by atoms with Crippen molar-refractivity contribution in [1.29, 1.82) is 0 Å². The Morgan fingerprint density at radius 1 is 1.60 bits per heavy atom. The van der Waals surface area contributed by atoms with E-state index in [1.807, 2.05) is 11.8 Å². The summed E-state index contributed by atoms with van der Waals surface area (Å²) < 4.78 is 7.09. The van der Waals surface area contributed by atoms with Crippen molar-refractivity contribution in [3.63, 3.8) is 0 Å². The SMILES string of the molecule is COCC(=O)N1CCCC(c2nc(C)n3ccsc23)C1. The summed E-state index contributed by atoms with van der Waals surface area (Å²) in [6.45, 7) is 3.79. The number of aryl methyl sites for hydroxylation is 1. The molecule has 6 heteroatoms. The molecule has 1 fully saturated rings. The summed E-state index contributed by atoms with van der Waals surface area (Å²) in [4.78, 5) is 19.8. The predicted molar refractivity (Wildman–Crippen MR) is 78.2 cm³/mol. The number of carbonyl (C=O) groups is 1. The molecule has 1 amide bonds. The molecular formula is C14H19N3O2S. The molecule has 0 bridgehead atoms. The molecule has 0 radical (unpaired) electrons. The van der Waals surface area contributed by atoms with E-state index in [0.717, 1.165) is 37.4 Å². The molecule has 1 atom stereocenters. The highest BCUT2D eigenvalue weighted by Gasteiger charge is 2.28. The second kappa shape index (κ2) is 5.54. The maximum Gasteiger partial charge on any atom is 0.248 e. The molecule has 5 nitrogen and oxygen atoms in total. The summed E-state index contributed by atoms with van der Waals surface area (Å²) in [7, 11) is 1.56. The van der Waals surface area contributed by atoms with Crippen LogP contribution >= 0.6 is 11.3 Å². The summed E-state index contributed by atoms with van der Waals surface area (Å²) in [5.41, 5.74) is 1.15. The van der Waals surface area contributed by atoms with E-state index >= 15 is 0 Å². The molecule has 3 rings (SSSR count). The number of hydrogen-bond acceptors (Lipinski definition) is 4. The fourth-order valence-corrected chi connectivity index (χ4v) is 3.85. The Hall–Kier alpha value is -1.40. The first-order chi connectivity index (χ1) is 9.70. The number of methoxy groups -OCH3 is 1. The number of rotatable bonds is 3. The molecule has 1 aliphatic rings. The van der Waals surface area contributed by atoms with E-state index in [9.17, 15) is 4.79 Å². The van der Waals surface area contributed by atoms with Crippen LogP contribution in [0.2, 0.25) is 0 Å². The number of nitrogens with zero attached hydrogens (tertiary/aromatic N) is 3. The smallest absolute Gasteiger partial charge is 0.248 e. The fraction of sp³-hybridized carbons (Fsp3) is 0.571. The number of likely N-dealkylation sites (tertiary alicyclic amines) is 1. The minimum atomic E-state index is 0.0792. The van der Waals surface area contributed by atoms with Gasteiger partial charge in [-0.25, -0.2) is 4.98 Å². The number of hydrogen-bond donors (Lipinski definition) is 0. The number of carbonyl (C=O) groups excluding carboxylic acids is 1. The lowest BCUT2D eigenvalue weighted by atomic mass is 9.95. The van der Waals surface area contributed by atoms with Gasteiger partial charge in [-0.15, -0.1) is 11.3 Å². The van der Waals surface area contributed by atoms with Crippen LogP contribution in [0.25, 0.3) is 4.83 Å². The van der Waals surface area contributed by atoms with Gasteiger partial charge in [-0.3, -0.25) is 9.20 Å². The Morgan fingerprint density at radius 3 is 3.25 bits per heavy atom. The van der Waals surface area contributed by atoms with Gasteiger partial charge in [0, 0.05) is 37.7 Å². The molecule has 2 aromatic heterocycles. The number of fused-ring (bicyclic) bond motifs is 1. The zero-order valence-electron chi connectivity index (χ0n) is 11.8. The van der Waals surface area contributed by atoms with E-state index in [1.54, 1.807) is 18.4 Å². The normalized spacial score (nSPS) is 19.7. The van der Waals surface area contributed by atoms with Gasteiger partial charge in [-0.1, -0.05) is 0 Å². The fourth-order valence-electron chi connectivity index (χ4n) is 2.90. The number of aromatic nitrogens is 2. The largest absolute Gasteiger partial charge is 0.375 e. The molecule has 0 saturated carbocycles. The number of ether oxygens (including phenoxy) is 1. The summed E-state index contributed by atoms with van der Waals surface area (Å²) in [5, 5.41) is 2.09. The topological polar surface area (TPSA) is 46.8 Å². The number of thiazole rings is 1. The van der Waals surface area contributed by atoms with Crippen molar-refractivity contribution in [3.8, 4) is 0 Å². The van der Waals surface area contributed by atoms with Crippen molar-refractivity contribution in [2.75, 3.05) is 26.8 Å². The molecular weight excluding hydrogens is 274 g/mol. The van der Waals surface area contributed by atoms with Gasteiger partial charge < -0.3 is 9.64 Å². The van der Waals surface area contributed by atoms with E-state index in [-0.39, 0.29) is 12.5 Å². The molecule has 0 spiro atoms. The third kappa shape index (κ3) is 2.33. The summed E-state index contributed by atoms with van der Waals surface area (Å²) >= 11 is 1.72. The van der Waals surface area contributed by atoms with Crippen LogP contribution in [0.3, 0.4) is 0 Å². The monoisotopic (exact) mass is 293 g/mol. The van der Waals surface area contributed by atoms with Gasteiger partial charge in [-0.2, -0.15) is 0 Å². The molecule has 108 valence electrons. The van der Waals surface area contributed by atoms with E-state index in [2.05, 4.69) is 16.0 Å². The van der Waals surface area contributed by atoms with Gasteiger partial charge >= 0.3 is 0 Å². The average molecular weight is 293 g/mol. The van der Waals surface area contributed by atoms with Crippen molar-refractivity contribution in [2.24, 2.45) is 0 Å². The molecule has 1 aliphatic heterocycles. The molecule has 3 heterocycles. The van der Waals surface area contributed by atoms with Gasteiger partial charge in [-0.05, 0) is 19.8 Å². The Balaban J connectivity index is 1.83.